The van der Waals surface area contributed by atoms with E-state index in [1.807, 2.05) is 23.6 Å². The Morgan fingerprint density at radius 3 is 2.69 bits per heavy atom. The number of alkyl halides is 3. The molecule has 2 aromatic heterocycles. The van der Waals surface area contributed by atoms with Gasteiger partial charge in [0.25, 0.3) is 6.02 Å². The molecule has 1 unspecified atom stereocenters. The number of hydrogen-bond donors (Lipinski definition) is 2. The molecule has 1 atom stereocenters. The highest BCUT2D eigenvalue weighted by molar-refractivity contribution is 7.18. The Kier molecular flexibility index (Phi) is 7.98. The molecule has 2 saturated heterocycles. The van der Waals surface area contributed by atoms with Crippen LogP contribution in [0.5, 0.6) is 5.75 Å². The Balaban J connectivity index is 1.42. The van der Waals surface area contributed by atoms with E-state index in [2.05, 4.69) is 15.2 Å². The molecular weight excluding hydrogens is 533 g/mol. The van der Waals surface area contributed by atoms with E-state index in [9.17, 15) is 13.2 Å². The van der Waals surface area contributed by atoms with Crippen LogP contribution in [0.15, 0.2) is 23.6 Å². The molecule has 0 saturated carbocycles. The van der Waals surface area contributed by atoms with Crippen molar-refractivity contribution in [2.75, 3.05) is 57.2 Å². The summed E-state index contributed by atoms with van der Waals surface area (Å²) in [7, 11) is 3.37. The highest BCUT2D eigenvalue weighted by Crippen LogP contribution is 2.41. The maximum Gasteiger partial charge on any atom is 0.408 e. The Labute approximate surface area is 228 Å². The summed E-state index contributed by atoms with van der Waals surface area (Å²) in [6.45, 7) is 2.87. The first kappa shape index (κ1) is 27.3. The predicted molar refractivity (Wildman–Crippen MR) is 145 cm³/mol. The normalized spacial score (nSPS) is 18.3. The van der Waals surface area contributed by atoms with Crippen LogP contribution in [0.4, 0.5) is 24.7 Å². The summed E-state index contributed by atoms with van der Waals surface area (Å²) in [5, 5.41) is 13.3. The molecule has 2 N–H and O–H groups in total. The van der Waals surface area contributed by atoms with E-state index in [4.69, 9.17) is 24.6 Å². The second-order valence-electron chi connectivity index (χ2n) is 9.39. The van der Waals surface area contributed by atoms with Crippen molar-refractivity contribution in [1.82, 2.24) is 14.9 Å². The minimum absolute atomic E-state index is 0.0496. The summed E-state index contributed by atoms with van der Waals surface area (Å²) in [5.41, 5.74) is 3.44. The molecule has 9 nitrogen and oxygen atoms in total. The second kappa shape index (κ2) is 11.4. The topological polar surface area (TPSA) is 95.8 Å². The fraction of sp³-hybridized carbons (Fsp3) is 0.500. The van der Waals surface area contributed by atoms with Crippen LogP contribution in [-0.4, -0.2) is 80.1 Å². The van der Waals surface area contributed by atoms with Crippen LogP contribution in [0.2, 0.25) is 0 Å². The van der Waals surface area contributed by atoms with E-state index < -0.39 is 18.2 Å². The number of hydrogen-bond acceptors (Lipinski definition) is 9. The van der Waals surface area contributed by atoms with Crippen LogP contribution in [0.1, 0.15) is 25.1 Å². The molecule has 13 heteroatoms. The Hall–Kier alpha value is -3.32. The first-order valence-electron chi connectivity index (χ1n) is 12.8. The average Bonchev–Trinajstić information content (AvgIpc) is 3.39. The quantitative estimate of drug-likeness (QED) is 0.315. The molecule has 2 aliphatic heterocycles. The van der Waals surface area contributed by atoms with Crippen molar-refractivity contribution in [3.8, 4) is 16.9 Å². The summed E-state index contributed by atoms with van der Waals surface area (Å²) >= 11 is 1.48. The molecule has 0 bridgehead atoms. The zero-order chi connectivity index (χ0) is 27.6. The first-order valence-corrected chi connectivity index (χ1v) is 13.7. The molecule has 0 aliphatic carbocycles. The third-order valence-corrected chi connectivity index (χ3v) is 8.01. The van der Waals surface area contributed by atoms with Crippen LogP contribution < -0.4 is 15.0 Å². The van der Waals surface area contributed by atoms with Gasteiger partial charge in [-0.1, -0.05) is 0 Å². The zero-order valence-corrected chi connectivity index (χ0v) is 22.6. The molecular formula is C26H31F3N6O3S. The molecule has 0 amide bonds. The number of aromatic nitrogens is 2. The zero-order valence-electron chi connectivity index (χ0n) is 21.8. The standard InChI is InChI=1S/C26H31F3N6O3S/c1-31-24-23-22(32-21(33-24)14-38-25(30)35-8-4-3-5-20(35)26(27,28)29)18(15-39-23)17-7-6-16(13-19(17)36-2)34-9-11-37-12-10-34/h6-7,13,15,20,30H,3-5,8-12,14H2,1-2H3,(H,31,32,33). The van der Waals surface area contributed by atoms with Crippen molar-refractivity contribution in [2.24, 2.45) is 0 Å². The van der Waals surface area contributed by atoms with Gasteiger partial charge in [-0.15, -0.1) is 11.3 Å². The lowest BCUT2D eigenvalue weighted by Crippen LogP contribution is -2.51. The molecule has 0 radical (unpaired) electrons. The summed E-state index contributed by atoms with van der Waals surface area (Å²) in [4.78, 5) is 12.4. The number of anilines is 2. The van der Waals surface area contributed by atoms with Gasteiger partial charge in [0, 0.05) is 54.9 Å². The number of benzene rings is 1. The third-order valence-electron chi connectivity index (χ3n) is 7.03. The Bertz CT molecular complexity index is 1330. The summed E-state index contributed by atoms with van der Waals surface area (Å²) in [5.74, 6) is 1.54. The largest absolute Gasteiger partial charge is 0.496 e. The molecule has 210 valence electrons. The molecule has 39 heavy (non-hydrogen) atoms. The van der Waals surface area contributed by atoms with Gasteiger partial charge in [-0.25, -0.2) is 9.97 Å². The van der Waals surface area contributed by atoms with Crippen LogP contribution in [-0.2, 0) is 16.1 Å². The number of fused-ring (bicyclic) bond motifs is 1. The molecule has 0 spiro atoms. The van der Waals surface area contributed by atoms with Crippen LogP contribution in [0.3, 0.4) is 0 Å². The number of nitrogens with zero attached hydrogens (tertiary/aromatic N) is 4. The van der Waals surface area contributed by atoms with E-state index in [0.29, 0.717) is 43.1 Å². The molecule has 1 aromatic carbocycles. The van der Waals surface area contributed by atoms with E-state index in [1.54, 1.807) is 14.2 Å². The van der Waals surface area contributed by atoms with Gasteiger partial charge in [0.1, 0.15) is 17.6 Å². The van der Waals surface area contributed by atoms with Crippen molar-refractivity contribution < 1.29 is 27.4 Å². The number of nitrogens with one attached hydrogen (secondary N) is 2. The molecule has 3 aromatic rings. The number of morpholine rings is 1. The van der Waals surface area contributed by atoms with Crippen molar-refractivity contribution in [2.45, 2.75) is 38.1 Å². The number of piperidine rings is 1. The summed E-state index contributed by atoms with van der Waals surface area (Å²) < 4.78 is 58.1. The number of halogens is 3. The monoisotopic (exact) mass is 564 g/mol. The fourth-order valence-corrected chi connectivity index (χ4v) is 6.04. The van der Waals surface area contributed by atoms with Crippen molar-refractivity contribution >= 4 is 39.1 Å². The van der Waals surface area contributed by atoms with Crippen LogP contribution >= 0.6 is 11.3 Å². The van der Waals surface area contributed by atoms with E-state index >= 15 is 0 Å². The highest BCUT2D eigenvalue weighted by atomic mass is 32.1. The van der Waals surface area contributed by atoms with Gasteiger partial charge in [-0.05, 0) is 31.4 Å². The van der Waals surface area contributed by atoms with E-state index in [-0.39, 0.29) is 25.4 Å². The minimum Gasteiger partial charge on any atom is -0.496 e. The van der Waals surface area contributed by atoms with Crippen molar-refractivity contribution in [3.05, 3.63) is 29.4 Å². The highest BCUT2D eigenvalue weighted by Gasteiger charge is 2.46. The van der Waals surface area contributed by atoms with Crippen LogP contribution in [0, 0.1) is 5.41 Å². The molecule has 2 fully saturated rings. The lowest BCUT2D eigenvalue weighted by molar-refractivity contribution is -0.182. The number of methoxy groups -OCH3 is 1. The average molecular weight is 565 g/mol. The van der Waals surface area contributed by atoms with Crippen LogP contribution in [0.25, 0.3) is 21.3 Å². The Morgan fingerprint density at radius 2 is 1.97 bits per heavy atom. The maximum absolute atomic E-state index is 13.5. The van der Waals surface area contributed by atoms with Gasteiger partial charge in [0.05, 0.1) is 30.5 Å². The predicted octanol–water partition coefficient (Wildman–Crippen LogP) is 5.11. The molecule has 2 aliphatic rings. The lowest BCUT2D eigenvalue weighted by Gasteiger charge is -2.37. The fourth-order valence-electron chi connectivity index (χ4n) is 5.04. The van der Waals surface area contributed by atoms with Gasteiger partial charge < -0.3 is 29.3 Å². The SMILES string of the molecule is CNc1nc(COC(=N)N2CCCCC2C(F)(F)F)nc2c(-c3ccc(N4CCOCC4)cc3OC)csc12. The van der Waals surface area contributed by atoms with Gasteiger partial charge in [-0.2, -0.15) is 13.2 Å². The number of likely N-dealkylation sites (tertiary alicyclic amines) is 1. The third kappa shape index (κ3) is 5.69. The molecule has 5 rings (SSSR count). The number of amidine groups is 1. The van der Waals surface area contributed by atoms with Gasteiger partial charge in [0.15, 0.2) is 12.4 Å². The van der Waals surface area contributed by atoms with Gasteiger partial charge in [-0.3, -0.25) is 5.41 Å². The van der Waals surface area contributed by atoms with Crippen molar-refractivity contribution in [1.29, 1.82) is 5.41 Å². The number of ether oxygens (including phenoxy) is 3. The summed E-state index contributed by atoms with van der Waals surface area (Å²) in [6.07, 6.45) is -3.43. The van der Waals surface area contributed by atoms with Gasteiger partial charge in [0.2, 0.25) is 0 Å². The smallest absolute Gasteiger partial charge is 0.408 e. The second-order valence-corrected chi connectivity index (χ2v) is 10.3. The van der Waals surface area contributed by atoms with Gasteiger partial charge >= 0.3 is 6.18 Å². The number of thiophene rings is 1. The van der Waals surface area contributed by atoms with E-state index in [1.165, 1.54) is 11.3 Å². The Morgan fingerprint density at radius 1 is 1.18 bits per heavy atom. The van der Waals surface area contributed by atoms with Crippen molar-refractivity contribution in [3.63, 3.8) is 0 Å². The number of rotatable bonds is 6. The summed E-state index contributed by atoms with van der Waals surface area (Å²) in [6, 6.07) is 3.83. The maximum atomic E-state index is 13.5. The minimum atomic E-state index is -4.42. The first-order chi connectivity index (χ1) is 18.8. The van der Waals surface area contributed by atoms with E-state index in [0.717, 1.165) is 39.5 Å². The molecule has 4 heterocycles. The lowest BCUT2D eigenvalue weighted by atomic mass is 10.0.